The maximum absolute atomic E-state index is 9.14. The largest absolute Gasteiger partial charge is 0.439 e. The van der Waals surface area contributed by atoms with Crippen LogP contribution < -0.4 is 4.74 Å². The third kappa shape index (κ3) is 2.77. The second-order valence-corrected chi connectivity index (χ2v) is 4.57. The summed E-state index contributed by atoms with van der Waals surface area (Å²) in [5.74, 6) is 1.02. The highest BCUT2D eigenvalue weighted by atomic mass is 35.5. The summed E-state index contributed by atoms with van der Waals surface area (Å²) in [5.41, 5.74) is 1.43. The Bertz CT molecular complexity index is 535. The number of nitrogens with zero attached hydrogens (tertiary/aromatic N) is 1. The van der Waals surface area contributed by atoms with Gasteiger partial charge in [0.15, 0.2) is 0 Å². The van der Waals surface area contributed by atoms with E-state index in [9.17, 15) is 0 Å². The lowest BCUT2D eigenvalue weighted by atomic mass is 10.2. The van der Waals surface area contributed by atoms with Crippen LogP contribution in [0.5, 0.6) is 11.6 Å². The molecule has 0 fully saturated rings. The molecule has 0 spiro atoms. The van der Waals surface area contributed by atoms with E-state index < -0.39 is 0 Å². The first-order valence-electron chi connectivity index (χ1n) is 5.45. The number of aliphatic hydroxyl groups is 1. The standard InChI is InChI=1S/C12H12Cl2N2O2/c1-2-10-11(6-17)15-16-12(10)18-9-4-7(13)3-8(14)5-9/h3-5,17H,2,6H2,1H3,(H,15,16). The molecule has 6 heteroatoms. The van der Waals surface area contributed by atoms with Crippen molar-refractivity contribution < 1.29 is 9.84 Å². The average Bonchev–Trinajstić information content (AvgIpc) is 2.69. The molecule has 0 atom stereocenters. The molecular formula is C12H12Cl2N2O2. The number of halogens is 2. The van der Waals surface area contributed by atoms with Crippen LogP contribution in [0.25, 0.3) is 0 Å². The minimum absolute atomic E-state index is 0.126. The van der Waals surface area contributed by atoms with Gasteiger partial charge in [0.25, 0.3) is 0 Å². The van der Waals surface area contributed by atoms with Gasteiger partial charge in [-0.15, -0.1) is 0 Å². The minimum Gasteiger partial charge on any atom is -0.439 e. The van der Waals surface area contributed by atoms with E-state index in [1.54, 1.807) is 18.2 Å². The van der Waals surface area contributed by atoms with Gasteiger partial charge in [-0.3, -0.25) is 0 Å². The fourth-order valence-electron chi connectivity index (χ4n) is 1.67. The molecular weight excluding hydrogens is 275 g/mol. The summed E-state index contributed by atoms with van der Waals surface area (Å²) in [5, 5.41) is 16.9. The van der Waals surface area contributed by atoms with Crippen LogP contribution in [0.2, 0.25) is 10.0 Å². The van der Waals surface area contributed by atoms with Crippen molar-refractivity contribution in [2.75, 3.05) is 0 Å². The summed E-state index contributed by atoms with van der Waals surface area (Å²) >= 11 is 11.8. The van der Waals surface area contributed by atoms with Crippen LogP contribution in [0.4, 0.5) is 0 Å². The van der Waals surface area contributed by atoms with Gasteiger partial charge in [-0.25, -0.2) is 5.10 Å². The van der Waals surface area contributed by atoms with Gasteiger partial charge in [-0.2, -0.15) is 5.10 Å². The topological polar surface area (TPSA) is 58.1 Å². The molecule has 1 aromatic carbocycles. The van der Waals surface area contributed by atoms with E-state index in [1.165, 1.54) is 0 Å². The first kappa shape index (κ1) is 13.2. The van der Waals surface area contributed by atoms with Crippen LogP contribution in [0.15, 0.2) is 18.2 Å². The molecule has 2 aromatic rings. The van der Waals surface area contributed by atoms with Gasteiger partial charge >= 0.3 is 0 Å². The number of H-pyrrole nitrogens is 1. The lowest BCUT2D eigenvalue weighted by molar-refractivity contribution is 0.275. The molecule has 4 nitrogen and oxygen atoms in total. The molecule has 0 bridgehead atoms. The van der Waals surface area contributed by atoms with Gasteiger partial charge in [0, 0.05) is 15.6 Å². The van der Waals surface area contributed by atoms with Gasteiger partial charge in [0.2, 0.25) is 5.88 Å². The number of aromatic nitrogens is 2. The third-order valence-corrected chi connectivity index (χ3v) is 2.91. The van der Waals surface area contributed by atoms with Crippen molar-refractivity contribution in [3.63, 3.8) is 0 Å². The van der Waals surface area contributed by atoms with E-state index in [4.69, 9.17) is 33.0 Å². The molecule has 1 heterocycles. The van der Waals surface area contributed by atoms with Crippen LogP contribution in [0, 0.1) is 0 Å². The molecule has 18 heavy (non-hydrogen) atoms. The number of aliphatic hydroxyl groups excluding tert-OH is 1. The molecule has 0 saturated heterocycles. The van der Waals surface area contributed by atoms with E-state index >= 15 is 0 Å². The van der Waals surface area contributed by atoms with Crippen molar-refractivity contribution in [3.05, 3.63) is 39.5 Å². The molecule has 2 rings (SSSR count). The molecule has 2 N–H and O–H groups in total. The molecule has 0 saturated carbocycles. The second-order valence-electron chi connectivity index (χ2n) is 3.70. The normalized spacial score (nSPS) is 10.7. The number of hydrogen-bond acceptors (Lipinski definition) is 3. The molecule has 0 aliphatic carbocycles. The molecule has 0 amide bonds. The summed E-state index contributed by atoms with van der Waals surface area (Å²) in [4.78, 5) is 0. The van der Waals surface area contributed by atoms with E-state index in [-0.39, 0.29) is 6.61 Å². The van der Waals surface area contributed by atoms with E-state index in [0.717, 1.165) is 5.56 Å². The lowest BCUT2D eigenvalue weighted by Crippen LogP contribution is -1.92. The van der Waals surface area contributed by atoms with E-state index in [1.807, 2.05) is 6.92 Å². The van der Waals surface area contributed by atoms with Crippen LogP contribution >= 0.6 is 23.2 Å². The second kappa shape index (κ2) is 5.61. The smallest absolute Gasteiger partial charge is 0.218 e. The first-order chi connectivity index (χ1) is 8.63. The highest BCUT2D eigenvalue weighted by molar-refractivity contribution is 6.34. The Balaban J connectivity index is 2.30. The summed E-state index contributed by atoms with van der Waals surface area (Å²) < 4.78 is 5.65. The van der Waals surface area contributed by atoms with Crippen LogP contribution in [0.1, 0.15) is 18.2 Å². The highest BCUT2D eigenvalue weighted by Crippen LogP contribution is 2.30. The Morgan fingerprint density at radius 1 is 1.28 bits per heavy atom. The molecule has 0 aliphatic heterocycles. The van der Waals surface area contributed by atoms with Crippen LogP contribution in [-0.4, -0.2) is 15.3 Å². The SMILES string of the molecule is CCc1c(CO)n[nH]c1Oc1cc(Cl)cc(Cl)c1. The fraction of sp³-hybridized carbons (Fsp3) is 0.250. The van der Waals surface area contributed by atoms with Crippen molar-refractivity contribution in [2.24, 2.45) is 0 Å². The summed E-state index contributed by atoms with van der Waals surface area (Å²) in [6, 6.07) is 4.95. The lowest BCUT2D eigenvalue weighted by Gasteiger charge is -2.06. The third-order valence-electron chi connectivity index (χ3n) is 2.47. The monoisotopic (exact) mass is 286 g/mol. The fourth-order valence-corrected chi connectivity index (χ4v) is 2.18. The quantitative estimate of drug-likeness (QED) is 0.903. The number of ether oxygens (including phenoxy) is 1. The summed E-state index contributed by atoms with van der Waals surface area (Å²) in [6.45, 7) is 1.83. The number of rotatable bonds is 4. The molecule has 1 aromatic heterocycles. The summed E-state index contributed by atoms with van der Waals surface area (Å²) in [7, 11) is 0. The van der Waals surface area contributed by atoms with Crippen molar-refractivity contribution in [1.82, 2.24) is 10.2 Å². The molecule has 96 valence electrons. The van der Waals surface area contributed by atoms with Crippen molar-refractivity contribution in [1.29, 1.82) is 0 Å². The Morgan fingerprint density at radius 3 is 2.50 bits per heavy atom. The molecule has 0 radical (unpaired) electrons. The molecule has 0 aliphatic rings. The zero-order chi connectivity index (χ0) is 13.1. The summed E-state index contributed by atoms with van der Waals surface area (Å²) in [6.07, 6.45) is 0.704. The minimum atomic E-state index is -0.126. The van der Waals surface area contributed by atoms with Crippen molar-refractivity contribution in [3.8, 4) is 11.6 Å². The number of aromatic amines is 1. The van der Waals surface area contributed by atoms with Gasteiger partial charge in [-0.1, -0.05) is 30.1 Å². The van der Waals surface area contributed by atoms with E-state index in [2.05, 4.69) is 10.2 Å². The predicted octanol–water partition coefficient (Wildman–Crippen LogP) is 3.56. The van der Waals surface area contributed by atoms with Crippen LogP contribution in [0.3, 0.4) is 0 Å². The Labute approximate surface area is 114 Å². The Hall–Kier alpha value is -1.23. The van der Waals surface area contributed by atoms with Gasteiger partial charge in [-0.05, 0) is 24.6 Å². The predicted molar refractivity (Wildman–Crippen MR) is 70.4 cm³/mol. The maximum Gasteiger partial charge on any atom is 0.218 e. The zero-order valence-electron chi connectivity index (χ0n) is 9.70. The van der Waals surface area contributed by atoms with Crippen LogP contribution in [-0.2, 0) is 13.0 Å². The molecule has 0 unspecified atom stereocenters. The number of hydrogen-bond donors (Lipinski definition) is 2. The zero-order valence-corrected chi connectivity index (χ0v) is 11.2. The Kier molecular flexibility index (Phi) is 4.11. The van der Waals surface area contributed by atoms with Gasteiger partial charge < -0.3 is 9.84 Å². The highest BCUT2D eigenvalue weighted by Gasteiger charge is 2.13. The van der Waals surface area contributed by atoms with Gasteiger partial charge in [0.05, 0.1) is 12.3 Å². The number of nitrogens with one attached hydrogen (secondary N) is 1. The van der Waals surface area contributed by atoms with Crippen molar-refractivity contribution >= 4 is 23.2 Å². The Morgan fingerprint density at radius 2 is 1.94 bits per heavy atom. The maximum atomic E-state index is 9.14. The average molecular weight is 287 g/mol. The van der Waals surface area contributed by atoms with Crippen molar-refractivity contribution in [2.45, 2.75) is 20.0 Å². The van der Waals surface area contributed by atoms with E-state index in [0.29, 0.717) is 33.8 Å². The number of benzene rings is 1. The van der Waals surface area contributed by atoms with Gasteiger partial charge in [0.1, 0.15) is 5.75 Å². The first-order valence-corrected chi connectivity index (χ1v) is 6.20.